The Labute approximate surface area is 182 Å². The van der Waals surface area contributed by atoms with E-state index in [4.69, 9.17) is 15.7 Å². The molecule has 0 unspecified atom stereocenters. The van der Waals surface area contributed by atoms with E-state index in [1.165, 1.54) is 5.56 Å². The minimum Gasteiger partial charge on any atom is -0.384 e. The number of unbranched alkanes of at least 4 members (excludes halogenated alkanes) is 1. The van der Waals surface area contributed by atoms with Crippen LogP contribution in [0.3, 0.4) is 0 Å². The molecule has 0 aliphatic rings. The highest BCUT2D eigenvalue weighted by Crippen LogP contribution is 2.31. The second-order valence-corrected chi connectivity index (χ2v) is 8.35. The Hall–Kier alpha value is -3.41. The molecule has 0 spiro atoms. The lowest BCUT2D eigenvalue weighted by Gasteiger charge is -2.10. The van der Waals surface area contributed by atoms with Gasteiger partial charge in [-0.05, 0) is 48.6 Å². The number of hydrogen-bond acceptors (Lipinski definition) is 4. The average molecular weight is 416 g/mol. The van der Waals surface area contributed by atoms with Gasteiger partial charge < -0.3 is 11.1 Å². The van der Waals surface area contributed by atoms with E-state index in [0.29, 0.717) is 35.0 Å². The molecule has 2 heterocycles. The van der Waals surface area contributed by atoms with Crippen LogP contribution < -0.4 is 11.1 Å². The molecule has 4 rings (SSSR count). The van der Waals surface area contributed by atoms with E-state index >= 15 is 0 Å². The molecule has 0 saturated heterocycles. The minimum atomic E-state index is -0.223. The number of hydrogen-bond donors (Lipinski definition) is 2. The first kappa shape index (κ1) is 20.8. The summed E-state index contributed by atoms with van der Waals surface area (Å²) in [5, 5.41) is 2.98. The zero-order chi connectivity index (χ0) is 22.0. The number of anilines is 1. The van der Waals surface area contributed by atoms with Gasteiger partial charge in [0.1, 0.15) is 16.9 Å². The third-order valence-electron chi connectivity index (χ3n) is 5.41. The van der Waals surface area contributed by atoms with Crippen LogP contribution in [0.15, 0.2) is 48.5 Å². The molecule has 3 N–H and O–H groups in total. The van der Waals surface area contributed by atoms with Crippen LogP contribution in [-0.4, -0.2) is 27.0 Å². The van der Waals surface area contributed by atoms with E-state index in [0.717, 1.165) is 36.0 Å². The highest BCUT2D eigenvalue weighted by Gasteiger charge is 2.24. The molecule has 2 aromatic carbocycles. The number of benzene rings is 2. The van der Waals surface area contributed by atoms with Gasteiger partial charge in [-0.25, -0.2) is 9.97 Å². The Morgan fingerprint density at radius 3 is 2.39 bits per heavy atom. The first-order valence-corrected chi connectivity index (χ1v) is 10.9. The van der Waals surface area contributed by atoms with Crippen LogP contribution >= 0.6 is 0 Å². The van der Waals surface area contributed by atoms with Gasteiger partial charge in [0.05, 0.1) is 11.0 Å². The number of aromatic nitrogens is 3. The predicted octanol–water partition coefficient (Wildman–Crippen LogP) is 4.88. The number of para-hydroxylation sites is 2. The van der Waals surface area contributed by atoms with E-state index in [2.05, 4.69) is 38.2 Å². The van der Waals surface area contributed by atoms with Gasteiger partial charge in [-0.1, -0.05) is 51.5 Å². The summed E-state index contributed by atoms with van der Waals surface area (Å²) in [4.78, 5) is 22.7. The van der Waals surface area contributed by atoms with E-state index in [-0.39, 0.29) is 5.91 Å². The van der Waals surface area contributed by atoms with Gasteiger partial charge in [0.15, 0.2) is 5.65 Å². The molecule has 0 fully saturated rings. The van der Waals surface area contributed by atoms with Crippen LogP contribution in [0.4, 0.5) is 5.82 Å². The summed E-state index contributed by atoms with van der Waals surface area (Å²) in [6, 6.07) is 16.0. The largest absolute Gasteiger partial charge is 0.384 e. The monoisotopic (exact) mass is 415 g/mol. The number of carbonyl (C=O) groups is 1. The number of nitrogens with zero attached hydrogens (tertiary/aromatic N) is 3. The Bertz CT molecular complexity index is 1220. The zero-order valence-corrected chi connectivity index (χ0v) is 18.4. The molecule has 0 bridgehead atoms. The lowest BCUT2D eigenvalue weighted by molar-refractivity contribution is 0.0951. The van der Waals surface area contributed by atoms with E-state index in [9.17, 15) is 4.79 Å². The number of amides is 1. The Balaban J connectivity index is 1.88. The van der Waals surface area contributed by atoms with Gasteiger partial charge in [-0.15, -0.1) is 0 Å². The van der Waals surface area contributed by atoms with Crippen LogP contribution in [0, 0.1) is 5.92 Å². The molecule has 0 radical (unpaired) electrons. The summed E-state index contributed by atoms with van der Waals surface area (Å²) in [5.74, 6) is 0.466. The molecule has 160 valence electrons. The maximum atomic E-state index is 13.1. The summed E-state index contributed by atoms with van der Waals surface area (Å²) in [6.45, 7) is 6.87. The lowest BCUT2D eigenvalue weighted by Crippen LogP contribution is -2.28. The van der Waals surface area contributed by atoms with Crippen molar-refractivity contribution < 1.29 is 4.79 Å². The van der Waals surface area contributed by atoms with Crippen LogP contribution in [0.2, 0.25) is 0 Å². The molecule has 1 amide bonds. The van der Waals surface area contributed by atoms with Gasteiger partial charge in [0.2, 0.25) is 0 Å². The van der Waals surface area contributed by atoms with Crippen LogP contribution in [0.5, 0.6) is 0 Å². The number of aryl methyl sites for hydroxylation is 1. The minimum absolute atomic E-state index is 0.223. The van der Waals surface area contributed by atoms with Crippen molar-refractivity contribution in [1.82, 2.24) is 19.9 Å². The molecule has 31 heavy (non-hydrogen) atoms. The summed E-state index contributed by atoms with van der Waals surface area (Å²) in [6.07, 6.45) is 3.37. The number of nitrogens with two attached hydrogens (primary N) is 1. The Kier molecular flexibility index (Phi) is 5.89. The fourth-order valence-corrected chi connectivity index (χ4v) is 3.72. The van der Waals surface area contributed by atoms with Gasteiger partial charge >= 0.3 is 0 Å². The molecule has 2 aromatic heterocycles. The lowest BCUT2D eigenvalue weighted by atomic mass is 10.1. The molecular weight excluding hydrogens is 386 g/mol. The number of carbonyl (C=O) groups excluding carboxylic acids is 1. The number of nitrogens with one attached hydrogen (secondary N) is 1. The first-order chi connectivity index (χ1) is 15.0. The van der Waals surface area contributed by atoms with Crippen molar-refractivity contribution >= 4 is 33.9 Å². The van der Waals surface area contributed by atoms with Crippen molar-refractivity contribution in [3.8, 4) is 5.69 Å². The van der Waals surface area contributed by atoms with Gasteiger partial charge in [-0.3, -0.25) is 9.36 Å². The van der Waals surface area contributed by atoms with Crippen LogP contribution in [-0.2, 0) is 6.42 Å². The topological polar surface area (TPSA) is 85.8 Å². The highest BCUT2D eigenvalue weighted by atomic mass is 16.1. The normalized spacial score (nSPS) is 11.5. The number of rotatable bonds is 7. The van der Waals surface area contributed by atoms with Crippen molar-refractivity contribution in [3.63, 3.8) is 0 Å². The molecule has 0 saturated carbocycles. The summed E-state index contributed by atoms with van der Waals surface area (Å²) in [5.41, 5.74) is 11.7. The first-order valence-electron chi connectivity index (χ1n) is 10.9. The summed E-state index contributed by atoms with van der Waals surface area (Å²) >= 11 is 0. The molecule has 6 heteroatoms. The van der Waals surface area contributed by atoms with Gasteiger partial charge in [0, 0.05) is 12.2 Å². The average Bonchev–Trinajstić information content (AvgIpc) is 3.05. The Morgan fingerprint density at radius 2 is 1.74 bits per heavy atom. The summed E-state index contributed by atoms with van der Waals surface area (Å²) < 4.78 is 1.84. The number of nitrogen functional groups attached to an aromatic ring is 1. The standard InChI is InChI=1S/C25H29N5O/c1-4-5-8-17-11-13-18(14-12-17)30-23(26)21(25(31)27-15-16(2)3)22-24(30)29-20-10-7-6-9-19(20)28-22/h6-7,9-14,16H,4-5,8,15,26H2,1-3H3,(H,27,31). The summed E-state index contributed by atoms with van der Waals surface area (Å²) in [7, 11) is 0. The van der Waals surface area contributed by atoms with Crippen molar-refractivity contribution in [2.45, 2.75) is 40.0 Å². The molecule has 0 aliphatic carbocycles. The molecule has 4 aromatic rings. The number of fused-ring (bicyclic) bond motifs is 2. The zero-order valence-electron chi connectivity index (χ0n) is 18.4. The van der Waals surface area contributed by atoms with Gasteiger partial charge in [0.25, 0.3) is 5.91 Å². The van der Waals surface area contributed by atoms with Crippen molar-refractivity contribution in [1.29, 1.82) is 0 Å². The SMILES string of the molecule is CCCCc1ccc(-n2c(N)c(C(=O)NCC(C)C)c3nc4ccccc4nc32)cc1. The van der Waals surface area contributed by atoms with Crippen LogP contribution in [0.1, 0.15) is 49.5 Å². The van der Waals surface area contributed by atoms with Gasteiger partial charge in [-0.2, -0.15) is 0 Å². The second kappa shape index (κ2) is 8.76. The van der Waals surface area contributed by atoms with Crippen LogP contribution in [0.25, 0.3) is 27.9 Å². The van der Waals surface area contributed by atoms with Crippen molar-refractivity contribution in [3.05, 3.63) is 59.7 Å². The maximum absolute atomic E-state index is 13.1. The smallest absolute Gasteiger partial charge is 0.257 e. The van der Waals surface area contributed by atoms with Crippen molar-refractivity contribution in [2.24, 2.45) is 5.92 Å². The fraction of sp³-hybridized carbons (Fsp3) is 0.320. The molecule has 0 aliphatic heterocycles. The second-order valence-electron chi connectivity index (χ2n) is 8.35. The van der Waals surface area contributed by atoms with E-state index in [1.54, 1.807) is 0 Å². The molecule has 0 atom stereocenters. The third kappa shape index (κ3) is 4.10. The third-order valence-corrected chi connectivity index (χ3v) is 5.41. The predicted molar refractivity (Wildman–Crippen MR) is 127 cm³/mol. The molecule has 6 nitrogen and oxygen atoms in total. The van der Waals surface area contributed by atoms with Crippen molar-refractivity contribution in [2.75, 3.05) is 12.3 Å². The fourth-order valence-electron chi connectivity index (χ4n) is 3.72. The van der Waals surface area contributed by atoms with E-state index in [1.807, 2.05) is 41.0 Å². The van der Waals surface area contributed by atoms with E-state index < -0.39 is 0 Å². The maximum Gasteiger partial charge on any atom is 0.257 e. The highest BCUT2D eigenvalue weighted by molar-refractivity contribution is 6.11. The molecular formula is C25H29N5O. The Morgan fingerprint density at radius 1 is 1.06 bits per heavy atom. The quantitative estimate of drug-likeness (QED) is 0.450.